The van der Waals surface area contributed by atoms with Gasteiger partial charge in [-0.1, -0.05) is 19.9 Å². The molecule has 2 aromatic heterocycles. The molecule has 0 bridgehead atoms. The molecule has 2 amide bonds. The SMILES string of the molecule is Cc1cc(-c2[nH]c3ccc(C4CCN(C(=O)C(=O)N5CCN(C)CC5)CC4)cc3c2C(C)C)cc(C)n1. The Morgan fingerprint density at radius 2 is 1.49 bits per heavy atom. The number of benzene rings is 1. The molecule has 0 aliphatic carbocycles. The van der Waals surface area contributed by atoms with Gasteiger partial charge in [0.15, 0.2) is 0 Å². The van der Waals surface area contributed by atoms with Crippen LogP contribution in [0, 0.1) is 13.8 Å². The van der Waals surface area contributed by atoms with E-state index < -0.39 is 0 Å². The quantitative estimate of drug-likeness (QED) is 0.538. The zero-order valence-electron chi connectivity index (χ0n) is 22.8. The normalized spacial score (nSPS) is 17.7. The van der Waals surface area contributed by atoms with Crippen LogP contribution in [0.5, 0.6) is 0 Å². The highest BCUT2D eigenvalue weighted by Crippen LogP contribution is 2.38. The third-order valence-corrected chi connectivity index (χ3v) is 8.04. The molecule has 1 N–H and O–H groups in total. The number of rotatable bonds is 3. The van der Waals surface area contributed by atoms with Crippen molar-refractivity contribution in [3.8, 4) is 11.3 Å². The van der Waals surface area contributed by atoms with Crippen molar-refractivity contribution in [3.63, 3.8) is 0 Å². The number of piperidine rings is 1. The van der Waals surface area contributed by atoms with Crippen LogP contribution in [0.25, 0.3) is 22.2 Å². The van der Waals surface area contributed by atoms with Crippen LogP contribution in [0.2, 0.25) is 0 Å². The zero-order chi connectivity index (χ0) is 26.3. The van der Waals surface area contributed by atoms with E-state index >= 15 is 0 Å². The summed E-state index contributed by atoms with van der Waals surface area (Å²) in [6, 6.07) is 11.1. The molecular weight excluding hydrogens is 462 g/mol. The molecule has 7 heteroatoms. The summed E-state index contributed by atoms with van der Waals surface area (Å²) >= 11 is 0. The van der Waals surface area contributed by atoms with Crippen LogP contribution in [0.3, 0.4) is 0 Å². The number of nitrogens with zero attached hydrogens (tertiary/aromatic N) is 4. The number of fused-ring (bicyclic) bond motifs is 1. The van der Waals surface area contributed by atoms with E-state index in [1.54, 1.807) is 9.80 Å². The lowest BCUT2D eigenvalue weighted by atomic mass is 9.87. The van der Waals surface area contributed by atoms with Gasteiger partial charge in [-0.3, -0.25) is 14.6 Å². The number of hydrogen-bond donors (Lipinski definition) is 1. The summed E-state index contributed by atoms with van der Waals surface area (Å²) in [4.78, 5) is 39.6. The molecule has 0 spiro atoms. The fourth-order valence-corrected chi connectivity index (χ4v) is 5.99. The van der Waals surface area contributed by atoms with E-state index in [4.69, 9.17) is 0 Å². The number of likely N-dealkylation sites (tertiary alicyclic amines) is 1. The number of piperazine rings is 1. The van der Waals surface area contributed by atoms with Crippen molar-refractivity contribution in [2.75, 3.05) is 46.3 Å². The molecule has 0 radical (unpaired) electrons. The van der Waals surface area contributed by atoms with Crippen LogP contribution < -0.4 is 0 Å². The number of likely N-dealkylation sites (N-methyl/N-ethyl adjacent to an activating group) is 1. The van der Waals surface area contributed by atoms with Crippen molar-refractivity contribution >= 4 is 22.7 Å². The Labute approximate surface area is 219 Å². The first-order valence-corrected chi connectivity index (χ1v) is 13.6. The van der Waals surface area contributed by atoms with Gasteiger partial charge in [0.05, 0.1) is 5.69 Å². The molecule has 196 valence electrons. The number of pyridine rings is 1. The second kappa shape index (κ2) is 10.3. The van der Waals surface area contributed by atoms with E-state index in [0.29, 0.717) is 38.0 Å². The first kappa shape index (κ1) is 25.5. The Kier molecular flexibility index (Phi) is 7.08. The van der Waals surface area contributed by atoms with Crippen molar-refractivity contribution in [2.24, 2.45) is 0 Å². The third kappa shape index (κ3) is 5.14. The first-order chi connectivity index (χ1) is 17.7. The van der Waals surface area contributed by atoms with E-state index in [2.05, 4.69) is 59.0 Å². The summed E-state index contributed by atoms with van der Waals surface area (Å²) in [6.07, 6.45) is 1.76. The minimum atomic E-state index is -0.337. The fraction of sp³-hybridized carbons (Fsp3) is 0.500. The van der Waals surface area contributed by atoms with Gasteiger partial charge >= 0.3 is 11.8 Å². The van der Waals surface area contributed by atoms with Gasteiger partial charge in [0.1, 0.15) is 0 Å². The number of aryl methyl sites for hydroxylation is 2. The maximum absolute atomic E-state index is 12.9. The van der Waals surface area contributed by atoms with E-state index in [1.807, 2.05) is 20.9 Å². The number of H-pyrrole nitrogens is 1. The second-order valence-electron chi connectivity index (χ2n) is 11.2. The van der Waals surface area contributed by atoms with Gasteiger partial charge in [-0.05, 0) is 81.0 Å². The van der Waals surface area contributed by atoms with E-state index in [-0.39, 0.29) is 11.8 Å². The van der Waals surface area contributed by atoms with Crippen LogP contribution in [0.1, 0.15) is 61.0 Å². The molecule has 2 aliphatic heterocycles. The molecule has 2 saturated heterocycles. The average molecular weight is 502 g/mol. The number of aromatic amines is 1. The number of nitrogens with one attached hydrogen (secondary N) is 1. The predicted molar refractivity (Wildman–Crippen MR) is 148 cm³/mol. The minimum Gasteiger partial charge on any atom is -0.354 e. The van der Waals surface area contributed by atoms with Gasteiger partial charge in [-0.15, -0.1) is 0 Å². The highest BCUT2D eigenvalue weighted by Gasteiger charge is 2.32. The van der Waals surface area contributed by atoms with Gasteiger partial charge in [0, 0.05) is 67.1 Å². The molecular formula is C30H39N5O2. The van der Waals surface area contributed by atoms with Gasteiger partial charge in [0.2, 0.25) is 0 Å². The molecule has 37 heavy (non-hydrogen) atoms. The van der Waals surface area contributed by atoms with E-state index in [1.165, 1.54) is 27.8 Å². The highest BCUT2D eigenvalue weighted by molar-refractivity contribution is 6.34. The number of hydrogen-bond acceptors (Lipinski definition) is 4. The fourth-order valence-electron chi connectivity index (χ4n) is 5.99. The second-order valence-corrected chi connectivity index (χ2v) is 11.2. The van der Waals surface area contributed by atoms with Gasteiger partial charge < -0.3 is 19.7 Å². The lowest BCUT2D eigenvalue weighted by molar-refractivity contribution is -0.153. The molecule has 7 nitrogen and oxygen atoms in total. The van der Waals surface area contributed by atoms with Crippen LogP contribution in [0.15, 0.2) is 30.3 Å². The Balaban J connectivity index is 1.33. The average Bonchev–Trinajstić information content (AvgIpc) is 3.27. The minimum absolute atomic E-state index is 0.334. The maximum Gasteiger partial charge on any atom is 0.312 e. The Bertz CT molecular complexity index is 1290. The predicted octanol–water partition coefficient (Wildman–Crippen LogP) is 4.45. The zero-order valence-corrected chi connectivity index (χ0v) is 22.8. The van der Waals surface area contributed by atoms with Crippen molar-refractivity contribution < 1.29 is 9.59 Å². The van der Waals surface area contributed by atoms with Crippen molar-refractivity contribution in [1.29, 1.82) is 0 Å². The lowest BCUT2D eigenvalue weighted by Gasteiger charge is -2.35. The highest BCUT2D eigenvalue weighted by atomic mass is 16.2. The van der Waals surface area contributed by atoms with Crippen LogP contribution >= 0.6 is 0 Å². The largest absolute Gasteiger partial charge is 0.354 e. The van der Waals surface area contributed by atoms with E-state index in [0.717, 1.165) is 42.8 Å². The molecule has 4 heterocycles. The third-order valence-electron chi connectivity index (χ3n) is 8.04. The maximum atomic E-state index is 12.9. The van der Waals surface area contributed by atoms with Gasteiger partial charge in [-0.2, -0.15) is 0 Å². The standard InChI is InChI=1S/C30H39N5O2/c1-19(2)27-25-18-23(6-7-26(25)32-28(27)24-16-20(3)31-21(4)17-24)22-8-10-34(11-9-22)29(36)30(37)35-14-12-33(5)13-15-35/h6-7,16-19,22,32H,8-15H2,1-5H3. The van der Waals surface area contributed by atoms with Gasteiger partial charge in [-0.25, -0.2) is 0 Å². The Morgan fingerprint density at radius 1 is 0.892 bits per heavy atom. The van der Waals surface area contributed by atoms with Crippen molar-refractivity contribution in [1.82, 2.24) is 24.7 Å². The molecule has 5 rings (SSSR count). The summed E-state index contributed by atoms with van der Waals surface area (Å²) in [6.45, 7) is 12.8. The number of carbonyl (C=O) groups excluding carboxylic acids is 2. The smallest absolute Gasteiger partial charge is 0.312 e. The number of carbonyl (C=O) groups is 2. The molecule has 1 aromatic carbocycles. The Hall–Kier alpha value is -3.19. The molecule has 0 atom stereocenters. The van der Waals surface area contributed by atoms with Crippen LogP contribution in [-0.4, -0.2) is 82.8 Å². The lowest BCUT2D eigenvalue weighted by Crippen LogP contribution is -2.53. The summed E-state index contributed by atoms with van der Waals surface area (Å²) in [5.41, 5.74) is 8.22. The molecule has 2 aliphatic rings. The van der Waals surface area contributed by atoms with Gasteiger partial charge in [0.25, 0.3) is 0 Å². The van der Waals surface area contributed by atoms with Crippen LogP contribution in [0.4, 0.5) is 0 Å². The summed E-state index contributed by atoms with van der Waals surface area (Å²) in [7, 11) is 2.05. The molecule has 2 fully saturated rings. The summed E-state index contributed by atoms with van der Waals surface area (Å²) < 4.78 is 0. The number of amides is 2. The number of aromatic nitrogens is 2. The summed E-state index contributed by atoms with van der Waals surface area (Å²) in [5, 5.41) is 1.28. The molecule has 0 unspecified atom stereocenters. The Morgan fingerprint density at radius 3 is 2.08 bits per heavy atom. The molecule has 0 saturated carbocycles. The summed E-state index contributed by atoms with van der Waals surface area (Å²) in [5.74, 6) is 0.0820. The molecule has 3 aromatic rings. The first-order valence-electron chi connectivity index (χ1n) is 13.6. The van der Waals surface area contributed by atoms with Crippen LogP contribution in [-0.2, 0) is 9.59 Å². The van der Waals surface area contributed by atoms with Crippen molar-refractivity contribution in [3.05, 3.63) is 52.8 Å². The topological polar surface area (TPSA) is 72.5 Å². The van der Waals surface area contributed by atoms with E-state index in [9.17, 15) is 9.59 Å². The van der Waals surface area contributed by atoms with Crippen molar-refractivity contribution in [2.45, 2.75) is 52.4 Å². The monoisotopic (exact) mass is 501 g/mol.